The number of rotatable bonds is 4. The predicted octanol–water partition coefficient (Wildman–Crippen LogP) is 3.97. The van der Waals surface area contributed by atoms with E-state index in [1.165, 1.54) is 41.6 Å². The quantitative estimate of drug-likeness (QED) is 0.476. The first-order chi connectivity index (χ1) is 16.5. The average Bonchev–Trinajstić information content (AvgIpc) is 2.79. The zero-order valence-electron chi connectivity index (χ0n) is 18.2. The van der Waals surface area contributed by atoms with Crippen molar-refractivity contribution in [1.82, 2.24) is 9.97 Å². The van der Waals surface area contributed by atoms with Crippen LogP contribution < -0.4 is 21.7 Å². The van der Waals surface area contributed by atoms with Crippen LogP contribution >= 0.6 is 0 Å². The number of nitrogens with zero attached hydrogens (tertiary/aromatic N) is 3. The molecule has 0 spiro atoms. The lowest BCUT2D eigenvalue weighted by molar-refractivity contribution is -0.177. The molecule has 2 unspecified atom stereocenters. The maximum atomic E-state index is 14.2. The van der Waals surface area contributed by atoms with Gasteiger partial charge in [0, 0.05) is 25.3 Å². The van der Waals surface area contributed by atoms with Crippen molar-refractivity contribution in [2.24, 2.45) is 11.7 Å². The van der Waals surface area contributed by atoms with Crippen LogP contribution in [0.15, 0.2) is 48.8 Å². The summed E-state index contributed by atoms with van der Waals surface area (Å²) in [6.45, 7) is -0.200. The van der Waals surface area contributed by atoms with E-state index in [1.807, 2.05) is 0 Å². The molecule has 1 aliphatic rings. The number of benzene rings is 1. The molecule has 0 aliphatic carbocycles. The molecule has 12 heteroatoms. The summed E-state index contributed by atoms with van der Waals surface area (Å²) in [6, 6.07) is 6.59. The van der Waals surface area contributed by atoms with Crippen LogP contribution in [0.25, 0.3) is 11.3 Å². The fourth-order valence-corrected chi connectivity index (χ4v) is 4.05. The molecular formula is C23H21F5N6O. The first kappa shape index (κ1) is 24.3. The first-order valence-corrected chi connectivity index (χ1v) is 10.6. The minimum atomic E-state index is -4.42. The fourth-order valence-electron chi connectivity index (χ4n) is 4.05. The van der Waals surface area contributed by atoms with Crippen molar-refractivity contribution < 1.29 is 26.7 Å². The molecule has 1 saturated heterocycles. The highest BCUT2D eigenvalue weighted by Gasteiger charge is 2.44. The Morgan fingerprint density at radius 1 is 1.09 bits per heavy atom. The van der Waals surface area contributed by atoms with Gasteiger partial charge in [0.25, 0.3) is 5.91 Å². The summed E-state index contributed by atoms with van der Waals surface area (Å²) < 4.78 is 68.5. The molecule has 1 aliphatic heterocycles. The smallest absolute Gasteiger partial charge is 0.393 e. The zero-order chi connectivity index (χ0) is 25.3. The summed E-state index contributed by atoms with van der Waals surface area (Å²) in [5, 5.41) is 2.55. The summed E-state index contributed by atoms with van der Waals surface area (Å²) >= 11 is 0. The highest BCUT2D eigenvalue weighted by molar-refractivity contribution is 6.08. The first-order valence-electron chi connectivity index (χ1n) is 10.6. The van der Waals surface area contributed by atoms with Gasteiger partial charge < -0.3 is 21.7 Å². The standard InChI is InChI=1S/C23H21F5N6O/c24-14-2-1-3-15(25)20(14)17-5-4-16(30)21(32-17)22(35)33-18-9-31-7-6-19(18)34-10-12(23(26,27)28)8-13(29)11-34/h1-7,9,12-13H,8,10-11,29-30H2,(H,33,35). The highest BCUT2D eigenvalue weighted by Crippen LogP contribution is 2.36. The van der Waals surface area contributed by atoms with Crippen molar-refractivity contribution in [3.8, 4) is 11.3 Å². The minimum Gasteiger partial charge on any atom is -0.397 e. The van der Waals surface area contributed by atoms with Crippen LogP contribution in [0.5, 0.6) is 0 Å². The van der Waals surface area contributed by atoms with Gasteiger partial charge in [-0.2, -0.15) is 13.2 Å². The molecular weight excluding hydrogens is 471 g/mol. The van der Waals surface area contributed by atoms with Crippen LogP contribution in [-0.4, -0.2) is 41.2 Å². The maximum Gasteiger partial charge on any atom is 0.393 e. The number of aromatic nitrogens is 2. The van der Waals surface area contributed by atoms with Gasteiger partial charge in [0.15, 0.2) is 5.69 Å². The summed E-state index contributed by atoms with van der Waals surface area (Å²) in [7, 11) is 0. The second kappa shape index (κ2) is 9.45. The maximum absolute atomic E-state index is 14.2. The molecule has 0 radical (unpaired) electrons. The van der Waals surface area contributed by atoms with Gasteiger partial charge >= 0.3 is 6.18 Å². The lowest BCUT2D eigenvalue weighted by Crippen LogP contribution is -2.51. The number of piperidine rings is 1. The van der Waals surface area contributed by atoms with E-state index in [0.717, 1.165) is 12.1 Å². The number of anilines is 3. The number of carbonyl (C=O) groups excluding carboxylic acids is 1. The van der Waals surface area contributed by atoms with E-state index in [0.29, 0.717) is 0 Å². The number of pyridine rings is 2. The third kappa shape index (κ3) is 5.16. The van der Waals surface area contributed by atoms with Crippen molar-refractivity contribution in [2.75, 3.05) is 29.0 Å². The molecule has 35 heavy (non-hydrogen) atoms. The summed E-state index contributed by atoms with van der Waals surface area (Å²) in [5.41, 5.74) is 11.2. The van der Waals surface area contributed by atoms with Gasteiger partial charge in [-0.05, 0) is 36.8 Å². The Morgan fingerprint density at radius 2 is 1.80 bits per heavy atom. The number of nitrogens with one attached hydrogen (secondary N) is 1. The second-order valence-corrected chi connectivity index (χ2v) is 8.22. The molecule has 1 fully saturated rings. The van der Waals surface area contributed by atoms with E-state index in [2.05, 4.69) is 15.3 Å². The molecule has 5 N–H and O–H groups in total. The van der Waals surface area contributed by atoms with E-state index >= 15 is 0 Å². The second-order valence-electron chi connectivity index (χ2n) is 8.22. The van der Waals surface area contributed by atoms with E-state index in [-0.39, 0.29) is 48.0 Å². The monoisotopic (exact) mass is 492 g/mol. The van der Waals surface area contributed by atoms with Crippen molar-refractivity contribution in [3.05, 3.63) is 66.1 Å². The lowest BCUT2D eigenvalue weighted by atomic mass is 9.93. The van der Waals surface area contributed by atoms with Gasteiger partial charge in [0.2, 0.25) is 0 Å². The fraction of sp³-hybridized carbons (Fsp3) is 0.261. The molecule has 4 rings (SSSR count). The molecule has 2 aromatic heterocycles. The number of nitrogens with two attached hydrogens (primary N) is 2. The van der Waals surface area contributed by atoms with Gasteiger partial charge in [-0.25, -0.2) is 13.8 Å². The van der Waals surface area contributed by atoms with Gasteiger partial charge in [0.05, 0.1) is 40.4 Å². The Morgan fingerprint density at radius 3 is 2.49 bits per heavy atom. The third-order valence-electron chi connectivity index (χ3n) is 5.69. The summed E-state index contributed by atoms with van der Waals surface area (Å²) in [5.74, 6) is -4.20. The van der Waals surface area contributed by atoms with Crippen LogP contribution in [-0.2, 0) is 0 Å². The number of halogens is 5. The van der Waals surface area contributed by atoms with E-state index in [9.17, 15) is 26.7 Å². The van der Waals surface area contributed by atoms with Gasteiger partial charge in [-0.1, -0.05) is 6.07 Å². The lowest BCUT2D eigenvalue weighted by Gasteiger charge is -2.39. The molecule has 184 valence electrons. The molecule has 3 heterocycles. The predicted molar refractivity (Wildman–Crippen MR) is 121 cm³/mol. The van der Waals surface area contributed by atoms with Crippen molar-refractivity contribution >= 4 is 23.0 Å². The molecule has 3 aromatic rings. The van der Waals surface area contributed by atoms with Crippen LogP contribution in [0, 0.1) is 17.6 Å². The van der Waals surface area contributed by atoms with Crippen LogP contribution in [0.1, 0.15) is 16.9 Å². The van der Waals surface area contributed by atoms with E-state index < -0.39 is 41.2 Å². The molecule has 0 saturated carbocycles. The van der Waals surface area contributed by atoms with Crippen LogP contribution in [0.4, 0.5) is 39.0 Å². The number of hydrogen-bond acceptors (Lipinski definition) is 6. The molecule has 0 bridgehead atoms. The number of hydrogen-bond donors (Lipinski definition) is 3. The van der Waals surface area contributed by atoms with E-state index in [1.54, 1.807) is 0 Å². The van der Waals surface area contributed by atoms with Gasteiger partial charge in [-0.3, -0.25) is 9.78 Å². The summed E-state index contributed by atoms with van der Waals surface area (Å²) in [4.78, 5) is 22.4. The Labute approximate surface area is 197 Å². The number of nitrogen functional groups attached to an aromatic ring is 1. The largest absolute Gasteiger partial charge is 0.397 e. The minimum absolute atomic E-state index is 0.0643. The Balaban J connectivity index is 1.64. The third-order valence-corrected chi connectivity index (χ3v) is 5.69. The summed E-state index contributed by atoms with van der Waals surface area (Å²) in [6.07, 6.45) is -1.98. The average molecular weight is 492 g/mol. The topological polar surface area (TPSA) is 110 Å². The highest BCUT2D eigenvalue weighted by atomic mass is 19.4. The Kier molecular flexibility index (Phi) is 6.57. The number of carbonyl (C=O) groups is 1. The van der Waals surface area contributed by atoms with E-state index in [4.69, 9.17) is 11.5 Å². The number of amides is 1. The molecule has 1 aromatic carbocycles. The van der Waals surface area contributed by atoms with Gasteiger partial charge in [0.1, 0.15) is 11.6 Å². The molecule has 1 amide bonds. The van der Waals surface area contributed by atoms with Crippen molar-refractivity contribution in [1.29, 1.82) is 0 Å². The molecule has 7 nitrogen and oxygen atoms in total. The SMILES string of the molecule is Nc1ccc(-c2c(F)cccc2F)nc1C(=O)Nc1cnccc1N1CC(N)CC(C(F)(F)F)C1. The Hall–Kier alpha value is -3.80. The normalized spacial score (nSPS) is 18.4. The van der Waals surface area contributed by atoms with Crippen molar-refractivity contribution in [3.63, 3.8) is 0 Å². The number of alkyl halides is 3. The molecule has 2 atom stereocenters. The van der Waals surface area contributed by atoms with Crippen LogP contribution in [0.2, 0.25) is 0 Å². The van der Waals surface area contributed by atoms with Crippen molar-refractivity contribution in [2.45, 2.75) is 18.6 Å². The van der Waals surface area contributed by atoms with Gasteiger partial charge in [-0.15, -0.1) is 0 Å². The Bertz CT molecular complexity index is 1230. The zero-order valence-corrected chi connectivity index (χ0v) is 18.2. The van der Waals surface area contributed by atoms with Crippen LogP contribution in [0.3, 0.4) is 0 Å².